The average molecular weight is 174 g/mol. The van der Waals surface area contributed by atoms with Crippen LogP contribution in [-0.2, 0) is 14.3 Å². The highest BCUT2D eigenvalue weighted by atomic mass is 16.7. The van der Waals surface area contributed by atoms with Crippen molar-refractivity contribution in [3.05, 3.63) is 12.7 Å². The summed E-state index contributed by atoms with van der Waals surface area (Å²) in [5, 5.41) is 8.15. The SMILES string of the molecule is C=CCOC(=O)OCCC(=O)O. The molecule has 12 heavy (non-hydrogen) atoms. The standard InChI is InChI=1S/C7H10O5/c1-2-4-11-7(10)12-5-3-6(8)9/h2H,1,3-5H2,(H,8,9). The molecule has 0 atom stereocenters. The number of carbonyl (C=O) groups is 2. The number of carboxylic acid groups (broad SMARTS) is 1. The van der Waals surface area contributed by atoms with E-state index < -0.39 is 12.1 Å². The van der Waals surface area contributed by atoms with E-state index in [1.165, 1.54) is 6.08 Å². The first-order valence-corrected chi connectivity index (χ1v) is 3.29. The molecule has 0 amide bonds. The van der Waals surface area contributed by atoms with E-state index in [0.29, 0.717) is 0 Å². The van der Waals surface area contributed by atoms with Crippen LogP contribution in [0.1, 0.15) is 6.42 Å². The van der Waals surface area contributed by atoms with E-state index in [2.05, 4.69) is 16.1 Å². The molecule has 0 aromatic carbocycles. The summed E-state index contributed by atoms with van der Waals surface area (Å²) < 4.78 is 8.77. The van der Waals surface area contributed by atoms with Gasteiger partial charge in [-0.3, -0.25) is 4.79 Å². The molecule has 5 nitrogen and oxygen atoms in total. The molecule has 5 heteroatoms. The van der Waals surface area contributed by atoms with Crippen LogP contribution in [0.15, 0.2) is 12.7 Å². The van der Waals surface area contributed by atoms with Gasteiger partial charge in [0.25, 0.3) is 0 Å². The molecule has 0 saturated heterocycles. The van der Waals surface area contributed by atoms with Gasteiger partial charge >= 0.3 is 12.1 Å². The summed E-state index contributed by atoms with van der Waals surface area (Å²) in [5.74, 6) is -1.02. The summed E-state index contributed by atoms with van der Waals surface area (Å²) in [6, 6.07) is 0. The molecular formula is C7H10O5. The first-order valence-electron chi connectivity index (χ1n) is 3.29. The largest absolute Gasteiger partial charge is 0.508 e. The molecule has 68 valence electrons. The van der Waals surface area contributed by atoms with Crippen LogP contribution in [0.4, 0.5) is 4.79 Å². The average Bonchev–Trinajstić information content (AvgIpc) is 2.00. The third kappa shape index (κ3) is 6.60. The fourth-order valence-corrected chi connectivity index (χ4v) is 0.390. The predicted molar refractivity (Wildman–Crippen MR) is 39.7 cm³/mol. The molecule has 0 aromatic rings. The second-order valence-corrected chi connectivity index (χ2v) is 1.84. The minimum atomic E-state index is -1.02. The Morgan fingerprint density at radius 1 is 1.42 bits per heavy atom. The van der Waals surface area contributed by atoms with Gasteiger partial charge in [0.15, 0.2) is 0 Å². The van der Waals surface area contributed by atoms with Gasteiger partial charge in [0.05, 0.1) is 6.42 Å². The number of hydrogen-bond acceptors (Lipinski definition) is 4. The quantitative estimate of drug-likeness (QED) is 0.493. The van der Waals surface area contributed by atoms with Crippen LogP contribution in [-0.4, -0.2) is 30.4 Å². The maximum absolute atomic E-state index is 10.5. The van der Waals surface area contributed by atoms with Gasteiger partial charge in [-0.1, -0.05) is 12.7 Å². The molecule has 0 aliphatic heterocycles. The van der Waals surface area contributed by atoms with E-state index >= 15 is 0 Å². The summed E-state index contributed by atoms with van der Waals surface area (Å²) in [6.07, 6.45) is 0.290. The van der Waals surface area contributed by atoms with Crippen LogP contribution in [0.3, 0.4) is 0 Å². The summed E-state index contributed by atoms with van der Waals surface area (Å²) in [5.41, 5.74) is 0. The molecule has 1 N–H and O–H groups in total. The summed E-state index contributed by atoms with van der Waals surface area (Å²) >= 11 is 0. The summed E-state index contributed by atoms with van der Waals surface area (Å²) in [6.45, 7) is 3.20. The fourth-order valence-electron chi connectivity index (χ4n) is 0.390. The minimum Gasteiger partial charge on any atom is -0.481 e. The van der Waals surface area contributed by atoms with E-state index in [1.54, 1.807) is 0 Å². The summed E-state index contributed by atoms with van der Waals surface area (Å²) in [4.78, 5) is 20.4. The normalized spacial score (nSPS) is 8.67. The van der Waals surface area contributed by atoms with Gasteiger partial charge < -0.3 is 14.6 Å². The van der Waals surface area contributed by atoms with Gasteiger partial charge in [-0.05, 0) is 0 Å². The van der Waals surface area contributed by atoms with Crippen LogP contribution in [0.25, 0.3) is 0 Å². The zero-order valence-corrected chi connectivity index (χ0v) is 6.49. The lowest BCUT2D eigenvalue weighted by atomic mass is 10.5. The number of aliphatic carboxylic acids is 1. The van der Waals surface area contributed by atoms with E-state index in [-0.39, 0.29) is 19.6 Å². The van der Waals surface area contributed by atoms with Crippen molar-refractivity contribution in [3.8, 4) is 0 Å². The van der Waals surface area contributed by atoms with E-state index in [0.717, 1.165) is 0 Å². The zero-order valence-electron chi connectivity index (χ0n) is 6.49. The van der Waals surface area contributed by atoms with Crippen molar-refractivity contribution < 1.29 is 24.2 Å². The van der Waals surface area contributed by atoms with Crippen molar-refractivity contribution in [1.82, 2.24) is 0 Å². The van der Waals surface area contributed by atoms with Crippen LogP contribution >= 0.6 is 0 Å². The lowest BCUT2D eigenvalue weighted by molar-refractivity contribution is -0.137. The fraction of sp³-hybridized carbons (Fsp3) is 0.429. The third-order valence-corrected chi connectivity index (χ3v) is 0.855. The predicted octanol–water partition coefficient (Wildman–Crippen LogP) is 0.800. The van der Waals surface area contributed by atoms with E-state index in [1.807, 2.05) is 0 Å². The van der Waals surface area contributed by atoms with Gasteiger partial charge in [0.2, 0.25) is 0 Å². The Balaban J connectivity index is 3.31. The zero-order chi connectivity index (χ0) is 9.40. The van der Waals surface area contributed by atoms with Crippen molar-refractivity contribution >= 4 is 12.1 Å². The molecular weight excluding hydrogens is 164 g/mol. The molecule has 0 aromatic heterocycles. The number of ether oxygens (including phenoxy) is 2. The highest BCUT2D eigenvalue weighted by molar-refractivity contribution is 5.67. The molecule has 0 aliphatic carbocycles. The Bertz CT molecular complexity index is 175. The molecule has 0 rings (SSSR count). The number of rotatable bonds is 5. The molecule has 0 radical (unpaired) electrons. The van der Waals surface area contributed by atoms with Gasteiger partial charge in [0.1, 0.15) is 13.2 Å². The Hall–Kier alpha value is -1.52. The molecule has 0 aliphatic rings. The van der Waals surface area contributed by atoms with Crippen molar-refractivity contribution in [1.29, 1.82) is 0 Å². The van der Waals surface area contributed by atoms with E-state index in [9.17, 15) is 9.59 Å². The number of carboxylic acids is 1. The van der Waals surface area contributed by atoms with Crippen LogP contribution in [0, 0.1) is 0 Å². The Morgan fingerprint density at radius 2 is 2.08 bits per heavy atom. The van der Waals surface area contributed by atoms with E-state index in [4.69, 9.17) is 5.11 Å². The first-order chi connectivity index (χ1) is 5.66. The minimum absolute atomic E-state index is 0.0614. The molecule has 0 bridgehead atoms. The topological polar surface area (TPSA) is 72.8 Å². The van der Waals surface area contributed by atoms with Crippen molar-refractivity contribution in [2.45, 2.75) is 6.42 Å². The smallest absolute Gasteiger partial charge is 0.481 e. The molecule has 0 fully saturated rings. The van der Waals surface area contributed by atoms with Crippen molar-refractivity contribution in [3.63, 3.8) is 0 Å². The maximum atomic E-state index is 10.5. The van der Waals surface area contributed by atoms with Crippen molar-refractivity contribution in [2.24, 2.45) is 0 Å². The first kappa shape index (κ1) is 10.5. The molecule has 0 spiro atoms. The van der Waals surface area contributed by atoms with Crippen LogP contribution in [0.5, 0.6) is 0 Å². The van der Waals surface area contributed by atoms with Gasteiger partial charge in [0, 0.05) is 0 Å². The van der Waals surface area contributed by atoms with Crippen molar-refractivity contribution in [2.75, 3.05) is 13.2 Å². The Labute approximate surface area is 69.6 Å². The Kier molecular flexibility index (Phi) is 5.42. The van der Waals surface area contributed by atoms with Gasteiger partial charge in [-0.15, -0.1) is 0 Å². The highest BCUT2D eigenvalue weighted by Gasteiger charge is 2.03. The third-order valence-electron chi connectivity index (χ3n) is 0.855. The second kappa shape index (κ2) is 6.21. The van der Waals surface area contributed by atoms with Gasteiger partial charge in [-0.2, -0.15) is 0 Å². The number of hydrogen-bond donors (Lipinski definition) is 1. The maximum Gasteiger partial charge on any atom is 0.508 e. The monoisotopic (exact) mass is 174 g/mol. The summed E-state index contributed by atoms with van der Waals surface area (Å²) in [7, 11) is 0. The number of carbonyl (C=O) groups excluding carboxylic acids is 1. The highest BCUT2D eigenvalue weighted by Crippen LogP contribution is 1.88. The van der Waals surface area contributed by atoms with Gasteiger partial charge in [-0.25, -0.2) is 4.79 Å². The van der Waals surface area contributed by atoms with Crippen LogP contribution in [0.2, 0.25) is 0 Å². The van der Waals surface area contributed by atoms with Crippen LogP contribution < -0.4 is 0 Å². The lowest BCUT2D eigenvalue weighted by Crippen LogP contribution is -2.10. The Morgan fingerprint density at radius 3 is 2.58 bits per heavy atom. The molecule has 0 heterocycles. The molecule has 0 saturated carbocycles. The molecule has 0 unspecified atom stereocenters. The lowest BCUT2D eigenvalue weighted by Gasteiger charge is -2.01. The second-order valence-electron chi connectivity index (χ2n) is 1.84.